The Morgan fingerprint density at radius 1 is 1.08 bits per heavy atom. The fourth-order valence-electron chi connectivity index (χ4n) is 2.40. The molecule has 0 atom stereocenters. The van der Waals surface area contributed by atoms with E-state index < -0.39 is 15.7 Å². The van der Waals surface area contributed by atoms with Gasteiger partial charge < -0.3 is 5.73 Å². The van der Waals surface area contributed by atoms with Crippen molar-refractivity contribution in [1.82, 2.24) is 9.78 Å². The molecule has 6 nitrogen and oxygen atoms in total. The molecule has 3 aromatic rings. The zero-order valence-electron chi connectivity index (χ0n) is 12.9. The summed E-state index contributed by atoms with van der Waals surface area (Å²) in [5, 5.41) is 4.27. The summed E-state index contributed by atoms with van der Waals surface area (Å²) in [5.41, 5.74) is 7.98. The van der Waals surface area contributed by atoms with Crippen LogP contribution in [0.15, 0.2) is 65.8 Å². The molecule has 1 heterocycles. The number of benzene rings is 2. The lowest BCUT2D eigenvalue weighted by Crippen LogP contribution is -2.12. The summed E-state index contributed by atoms with van der Waals surface area (Å²) in [6, 6.07) is 13.4. The van der Waals surface area contributed by atoms with Crippen LogP contribution in [0.3, 0.4) is 0 Å². The molecule has 0 fully saturated rings. The third kappa shape index (κ3) is 3.07. The second kappa shape index (κ2) is 5.93. The zero-order valence-corrected chi connectivity index (χ0v) is 13.7. The van der Waals surface area contributed by atoms with E-state index in [0.29, 0.717) is 16.8 Å². The largest absolute Gasteiger partial charge is 0.366 e. The van der Waals surface area contributed by atoms with E-state index in [0.717, 1.165) is 11.8 Å². The summed E-state index contributed by atoms with van der Waals surface area (Å²) in [5.74, 6) is -0.504. The molecule has 1 aromatic heterocycles. The number of nitrogens with two attached hydrogens (primary N) is 1. The average Bonchev–Trinajstić information content (AvgIpc) is 3.04. The van der Waals surface area contributed by atoms with E-state index in [-0.39, 0.29) is 4.90 Å². The highest BCUT2D eigenvalue weighted by atomic mass is 32.2. The SMILES string of the molecule is CS(=O)(=O)c1ccc(-n2cc(-c3ccccc3C(N)=O)cn2)cc1. The molecule has 0 aliphatic heterocycles. The molecule has 0 saturated heterocycles. The predicted octanol–water partition coefficient (Wildman–Crippen LogP) is 2.04. The Hall–Kier alpha value is -2.93. The number of aromatic nitrogens is 2. The van der Waals surface area contributed by atoms with Crippen LogP contribution in [0.25, 0.3) is 16.8 Å². The van der Waals surface area contributed by atoms with Gasteiger partial charge in [0.15, 0.2) is 9.84 Å². The standard InChI is InChI=1S/C17H15N3O3S/c1-24(22,23)14-8-6-13(7-9-14)20-11-12(10-19-20)15-4-2-3-5-16(15)17(18)21/h2-11H,1H3,(H2,18,21). The molecule has 1 amide bonds. The van der Waals surface area contributed by atoms with Crippen molar-refractivity contribution >= 4 is 15.7 Å². The van der Waals surface area contributed by atoms with Crippen molar-refractivity contribution in [2.45, 2.75) is 4.90 Å². The van der Waals surface area contributed by atoms with Crippen LogP contribution in [0.2, 0.25) is 0 Å². The molecule has 24 heavy (non-hydrogen) atoms. The molecule has 2 aromatic carbocycles. The molecule has 7 heteroatoms. The topological polar surface area (TPSA) is 95.0 Å². The third-order valence-corrected chi connectivity index (χ3v) is 4.74. The van der Waals surface area contributed by atoms with Gasteiger partial charge in [0.25, 0.3) is 0 Å². The molecular formula is C17H15N3O3S. The van der Waals surface area contributed by atoms with Gasteiger partial charge in [-0.1, -0.05) is 18.2 Å². The Morgan fingerprint density at radius 3 is 2.38 bits per heavy atom. The fourth-order valence-corrected chi connectivity index (χ4v) is 3.03. The first kappa shape index (κ1) is 15.9. The second-order valence-corrected chi connectivity index (χ2v) is 7.37. The van der Waals surface area contributed by atoms with Gasteiger partial charge in [-0.05, 0) is 35.9 Å². The lowest BCUT2D eigenvalue weighted by Gasteiger charge is -2.04. The van der Waals surface area contributed by atoms with E-state index in [1.807, 2.05) is 6.07 Å². The molecule has 0 bridgehead atoms. The number of rotatable bonds is 4. The van der Waals surface area contributed by atoms with Crippen molar-refractivity contribution in [1.29, 1.82) is 0 Å². The molecule has 2 N–H and O–H groups in total. The van der Waals surface area contributed by atoms with Crippen LogP contribution in [0, 0.1) is 0 Å². The Bertz CT molecular complexity index is 1010. The van der Waals surface area contributed by atoms with E-state index in [4.69, 9.17) is 5.73 Å². The number of carbonyl (C=O) groups is 1. The molecule has 0 aliphatic rings. The van der Waals surface area contributed by atoms with Crippen molar-refractivity contribution in [3.05, 3.63) is 66.5 Å². The molecule has 122 valence electrons. The molecule has 0 aliphatic carbocycles. The number of primary amides is 1. The van der Waals surface area contributed by atoms with Crippen LogP contribution in [0.5, 0.6) is 0 Å². The Balaban J connectivity index is 1.99. The Morgan fingerprint density at radius 2 is 1.75 bits per heavy atom. The highest BCUT2D eigenvalue weighted by molar-refractivity contribution is 7.90. The third-order valence-electron chi connectivity index (χ3n) is 3.62. The van der Waals surface area contributed by atoms with Gasteiger partial charge in [-0.25, -0.2) is 13.1 Å². The van der Waals surface area contributed by atoms with Crippen LogP contribution < -0.4 is 5.73 Å². The fraction of sp³-hybridized carbons (Fsp3) is 0.0588. The van der Waals surface area contributed by atoms with Crippen molar-refractivity contribution in [2.24, 2.45) is 5.73 Å². The van der Waals surface area contributed by atoms with Gasteiger partial charge in [-0.3, -0.25) is 4.79 Å². The summed E-state index contributed by atoms with van der Waals surface area (Å²) in [6.07, 6.45) is 4.55. The number of nitrogens with zero attached hydrogens (tertiary/aromatic N) is 2. The summed E-state index contributed by atoms with van der Waals surface area (Å²) >= 11 is 0. The lowest BCUT2D eigenvalue weighted by atomic mass is 10.0. The molecule has 3 rings (SSSR count). The van der Waals surface area contributed by atoms with E-state index in [1.54, 1.807) is 47.4 Å². The zero-order chi connectivity index (χ0) is 17.3. The summed E-state index contributed by atoms with van der Waals surface area (Å²) in [6.45, 7) is 0. The van der Waals surface area contributed by atoms with E-state index in [2.05, 4.69) is 5.10 Å². The molecule has 0 spiro atoms. The number of hydrogen-bond donors (Lipinski definition) is 1. The first-order chi connectivity index (χ1) is 11.4. The van der Waals surface area contributed by atoms with Gasteiger partial charge in [-0.15, -0.1) is 0 Å². The second-order valence-electron chi connectivity index (χ2n) is 5.35. The van der Waals surface area contributed by atoms with E-state index in [1.165, 1.54) is 12.1 Å². The minimum Gasteiger partial charge on any atom is -0.366 e. The van der Waals surface area contributed by atoms with Crippen LogP contribution in [0.1, 0.15) is 10.4 Å². The predicted molar refractivity (Wildman–Crippen MR) is 90.6 cm³/mol. The molecular weight excluding hydrogens is 326 g/mol. The molecule has 0 unspecified atom stereocenters. The highest BCUT2D eigenvalue weighted by Gasteiger charge is 2.12. The van der Waals surface area contributed by atoms with Gasteiger partial charge >= 0.3 is 0 Å². The average molecular weight is 341 g/mol. The van der Waals surface area contributed by atoms with Crippen LogP contribution in [0.4, 0.5) is 0 Å². The van der Waals surface area contributed by atoms with Crippen LogP contribution in [-0.2, 0) is 9.84 Å². The Labute approximate surface area is 139 Å². The number of amides is 1. The quantitative estimate of drug-likeness (QED) is 0.785. The minimum absolute atomic E-state index is 0.248. The van der Waals surface area contributed by atoms with Gasteiger partial charge in [0.1, 0.15) is 0 Å². The summed E-state index contributed by atoms with van der Waals surface area (Å²) in [7, 11) is -3.24. The normalized spacial score (nSPS) is 11.4. The van der Waals surface area contributed by atoms with Gasteiger partial charge in [0, 0.05) is 23.6 Å². The molecule has 0 radical (unpaired) electrons. The summed E-state index contributed by atoms with van der Waals surface area (Å²) in [4.78, 5) is 11.8. The number of carbonyl (C=O) groups excluding carboxylic acids is 1. The van der Waals surface area contributed by atoms with Crippen molar-refractivity contribution in [2.75, 3.05) is 6.26 Å². The van der Waals surface area contributed by atoms with Crippen molar-refractivity contribution < 1.29 is 13.2 Å². The molecule has 0 saturated carbocycles. The Kier molecular flexibility index (Phi) is 3.94. The number of sulfone groups is 1. The first-order valence-corrected chi connectivity index (χ1v) is 9.00. The maximum Gasteiger partial charge on any atom is 0.249 e. The first-order valence-electron chi connectivity index (χ1n) is 7.10. The van der Waals surface area contributed by atoms with Crippen molar-refractivity contribution in [3.8, 4) is 16.8 Å². The van der Waals surface area contributed by atoms with Crippen LogP contribution >= 0.6 is 0 Å². The van der Waals surface area contributed by atoms with Crippen LogP contribution in [-0.4, -0.2) is 30.4 Å². The summed E-state index contributed by atoms with van der Waals surface area (Å²) < 4.78 is 24.6. The number of hydrogen-bond acceptors (Lipinski definition) is 4. The van der Waals surface area contributed by atoms with Crippen molar-refractivity contribution in [3.63, 3.8) is 0 Å². The maximum atomic E-state index is 11.5. The lowest BCUT2D eigenvalue weighted by molar-refractivity contribution is 0.100. The van der Waals surface area contributed by atoms with Gasteiger partial charge in [0.05, 0.1) is 16.8 Å². The van der Waals surface area contributed by atoms with E-state index in [9.17, 15) is 13.2 Å². The van der Waals surface area contributed by atoms with E-state index >= 15 is 0 Å². The minimum atomic E-state index is -3.24. The highest BCUT2D eigenvalue weighted by Crippen LogP contribution is 2.24. The van der Waals surface area contributed by atoms with Gasteiger partial charge in [-0.2, -0.15) is 5.10 Å². The monoisotopic (exact) mass is 341 g/mol. The smallest absolute Gasteiger partial charge is 0.249 e. The van der Waals surface area contributed by atoms with Gasteiger partial charge in [0.2, 0.25) is 5.91 Å². The maximum absolute atomic E-state index is 11.5.